The molecule has 9 nitrogen and oxygen atoms in total. The van der Waals surface area contributed by atoms with Gasteiger partial charge in [-0.25, -0.2) is 4.79 Å². The first-order chi connectivity index (χ1) is 18.8. The Hall–Kier alpha value is -2.48. The van der Waals surface area contributed by atoms with Crippen molar-refractivity contribution in [3.8, 4) is 0 Å². The molecule has 0 saturated heterocycles. The molecular weight excluding hydrogens is 626 g/mol. The Kier molecular flexibility index (Phi) is 10.4. The first-order valence-electron chi connectivity index (χ1n) is 12.5. The standard InChI is InChI=1S/C26H28BrN3O6S3/c1-3-35-22(33)12-30-17-10-9-15(27)11-19(17)39-26(30)29-21(32)14-37-13-20(31)28-24-23(25(34)36-4-2)16-7-5-6-8-18(16)38-24/h9-11H,3-8,12-14H2,1-2H3,(H,28,31). The predicted molar refractivity (Wildman–Crippen MR) is 158 cm³/mol. The fourth-order valence-electron chi connectivity index (χ4n) is 4.23. The summed E-state index contributed by atoms with van der Waals surface area (Å²) >= 11 is 7.30. The Bertz CT molecular complexity index is 1480. The second-order valence-corrected chi connectivity index (χ2v) is 12.6. The van der Waals surface area contributed by atoms with E-state index in [1.54, 1.807) is 18.4 Å². The number of carbonyl (C=O) groups excluding carboxylic acids is 4. The number of nitrogens with zero attached hydrogens (tertiary/aromatic N) is 2. The molecule has 13 heteroatoms. The van der Waals surface area contributed by atoms with Crippen LogP contribution in [0.15, 0.2) is 27.7 Å². The van der Waals surface area contributed by atoms with Crippen molar-refractivity contribution >= 4 is 89.3 Å². The van der Waals surface area contributed by atoms with Crippen molar-refractivity contribution in [2.75, 3.05) is 30.0 Å². The number of fused-ring (bicyclic) bond motifs is 2. The van der Waals surface area contributed by atoms with Crippen LogP contribution in [0.4, 0.5) is 5.00 Å². The molecule has 2 heterocycles. The number of rotatable bonds is 10. The van der Waals surface area contributed by atoms with Gasteiger partial charge in [-0.1, -0.05) is 27.3 Å². The van der Waals surface area contributed by atoms with Gasteiger partial charge in [0.25, 0.3) is 5.91 Å². The SMILES string of the molecule is CCOC(=O)Cn1c(=NC(=O)CSCC(=O)Nc2sc3c(c2C(=O)OCC)CCCC3)sc2cc(Br)ccc21. The quantitative estimate of drug-likeness (QED) is 0.308. The fourth-order valence-corrected chi connectivity index (χ4v) is 7.72. The van der Waals surface area contributed by atoms with Crippen molar-refractivity contribution in [3.05, 3.63) is 43.5 Å². The molecule has 0 unspecified atom stereocenters. The van der Waals surface area contributed by atoms with Crippen molar-refractivity contribution in [1.29, 1.82) is 0 Å². The minimum atomic E-state index is -0.421. The van der Waals surface area contributed by atoms with Gasteiger partial charge in [-0.2, -0.15) is 4.99 Å². The third-order valence-corrected chi connectivity index (χ3v) is 9.48. The Morgan fingerprint density at radius 1 is 1.08 bits per heavy atom. The second-order valence-electron chi connectivity index (χ2n) is 8.57. The van der Waals surface area contributed by atoms with Crippen LogP contribution in [0, 0.1) is 0 Å². The third-order valence-electron chi connectivity index (χ3n) is 5.82. The van der Waals surface area contributed by atoms with E-state index in [0.717, 1.165) is 62.6 Å². The van der Waals surface area contributed by atoms with Gasteiger partial charge in [0, 0.05) is 9.35 Å². The van der Waals surface area contributed by atoms with Crippen molar-refractivity contribution in [2.24, 2.45) is 4.99 Å². The maximum Gasteiger partial charge on any atom is 0.341 e. The highest BCUT2D eigenvalue weighted by molar-refractivity contribution is 9.10. The number of aromatic nitrogens is 1. The predicted octanol–water partition coefficient (Wildman–Crippen LogP) is 4.94. The number of carbonyl (C=O) groups is 4. The van der Waals surface area contributed by atoms with E-state index < -0.39 is 17.8 Å². The van der Waals surface area contributed by atoms with Crippen molar-refractivity contribution < 1.29 is 28.7 Å². The van der Waals surface area contributed by atoms with Crippen molar-refractivity contribution in [2.45, 2.75) is 46.1 Å². The number of benzene rings is 1. The Morgan fingerprint density at radius 3 is 2.62 bits per heavy atom. The van der Waals surface area contributed by atoms with Gasteiger partial charge in [-0.3, -0.25) is 14.4 Å². The second kappa shape index (κ2) is 13.7. The average Bonchev–Trinajstić information content (AvgIpc) is 3.41. The van der Waals surface area contributed by atoms with Gasteiger partial charge in [0.05, 0.1) is 40.5 Å². The number of nitrogens with one attached hydrogen (secondary N) is 1. The molecule has 0 aliphatic heterocycles. The summed E-state index contributed by atoms with van der Waals surface area (Å²) in [4.78, 5) is 55.9. The third kappa shape index (κ3) is 7.38. The van der Waals surface area contributed by atoms with Gasteiger partial charge < -0.3 is 19.4 Å². The van der Waals surface area contributed by atoms with Gasteiger partial charge in [-0.05, 0) is 63.3 Å². The van der Waals surface area contributed by atoms with Crippen LogP contribution in [-0.2, 0) is 43.2 Å². The summed E-state index contributed by atoms with van der Waals surface area (Å²) in [6, 6.07) is 5.61. The zero-order chi connectivity index (χ0) is 27.9. The molecule has 2 aromatic heterocycles. The molecule has 39 heavy (non-hydrogen) atoms. The Balaban J connectivity index is 1.43. The lowest BCUT2D eigenvalue weighted by Crippen LogP contribution is -2.23. The fraction of sp³-hybridized carbons (Fsp3) is 0.423. The minimum absolute atomic E-state index is 0.0174. The molecule has 208 valence electrons. The number of thioether (sulfide) groups is 1. The number of amides is 2. The van der Waals surface area contributed by atoms with Crippen LogP contribution in [-0.4, -0.2) is 53.0 Å². The van der Waals surface area contributed by atoms with Crippen LogP contribution in [0.2, 0.25) is 0 Å². The van der Waals surface area contributed by atoms with Crippen LogP contribution in [0.5, 0.6) is 0 Å². The van der Waals surface area contributed by atoms with Crippen molar-refractivity contribution in [1.82, 2.24) is 4.57 Å². The number of aryl methyl sites for hydroxylation is 1. The van der Waals surface area contributed by atoms with E-state index >= 15 is 0 Å². The van der Waals surface area contributed by atoms with E-state index in [2.05, 4.69) is 26.2 Å². The Labute approximate surface area is 246 Å². The van der Waals surface area contributed by atoms with E-state index in [1.807, 2.05) is 18.2 Å². The molecule has 1 aliphatic carbocycles. The number of halogens is 1. The van der Waals surface area contributed by atoms with E-state index in [4.69, 9.17) is 9.47 Å². The van der Waals surface area contributed by atoms with Crippen LogP contribution in [0.3, 0.4) is 0 Å². The molecular formula is C26H28BrN3O6S3. The summed E-state index contributed by atoms with van der Waals surface area (Å²) < 4.78 is 13.7. The summed E-state index contributed by atoms with van der Waals surface area (Å²) in [6.45, 7) is 3.94. The van der Waals surface area contributed by atoms with E-state index in [0.29, 0.717) is 15.4 Å². The maximum absolute atomic E-state index is 12.7. The number of thiazole rings is 1. The molecule has 4 rings (SSSR count). The van der Waals surface area contributed by atoms with Crippen LogP contribution in [0.1, 0.15) is 47.5 Å². The molecule has 2 amide bonds. The topological polar surface area (TPSA) is 116 Å². The van der Waals surface area contributed by atoms with Crippen LogP contribution in [0.25, 0.3) is 10.2 Å². The van der Waals surface area contributed by atoms with Crippen molar-refractivity contribution in [3.63, 3.8) is 0 Å². The number of hydrogen-bond acceptors (Lipinski definition) is 9. The molecule has 0 saturated carbocycles. The number of ether oxygens (including phenoxy) is 2. The molecule has 0 spiro atoms. The monoisotopic (exact) mass is 653 g/mol. The lowest BCUT2D eigenvalue weighted by atomic mass is 9.95. The van der Waals surface area contributed by atoms with E-state index in [1.165, 1.54) is 22.7 Å². The number of esters is 2. The zero-order valence-corrected chi connectivity index (χ0v) is 25.6. The highest BCUT2D eigenvalue weighted by atomic mass is 79.9. The molecule has 3 aromatic rings. The van der Waals surface area contributed by atoms with Gasteiger partial charge >= 0.3 is 11.9 Å². The molecule has 1 aromatic carbocycles. The summed E-state index contributed by atoms with van der Waals surface area (Å²) in [5.41, 5.74) is 2.21. The zero-order valence-electron chi connectivity index (χ0n) is 21.5. The molecule has 0 radical (unpaired) electrons. The average molecular weight is 655 g/mol. The smallest absolute Gasteiger partial charge is 0.341 e. The molecule has 0 atom stereocenters. The van der Waals surface area contributed by atoms with Gasteiger partial charge in [0.15, 0.2) is 4.80 Å². The van der Waals surface area contributed by atoms with Gasteiger partial charge in [0.1, 0.15) is 11.5 Å². The number of thiophene rings is 1. The van der Waals surface area contributed by atoms with Gasteiger partial charge in [0.2, 0.25) is 5.91 Å². The minimum Gasteiger partial charge on any atom is -0.465 e. The number of hydrogen-bond donors (Lipinski definition) is 1. The molecule has 1 aliphatic rings. The lowest BCUT2D eigenvalue weighted by molar-refractivity contribution is -0.143. The maximum atomic E-state index is 12.7. The highest BCUT2D eigenvalue weighted by Gasteiger charge is 2.27. The lowest BCUT2D eigenvalue weighted by Gasteiger charge is -2.12. The van der Waals surface area contributed by atoms with E-state index in [-0.39, 0.29) is 37.2 Å². The van der Waals surface area contributed by atoms with E-state index in [9.17, 15) is 19.2 Å². The summed E-state index contributed by atoms with van der Waals surface area (Å²) in [6.07, 6.45) is 3.74. The van der Waals surface area contributed by atoms with Gasteiger partial charge in [-0.15, -0.1) is 23.1 Å². The highest BCUT2D eigenvalue weighted by Crippen LogP contribution is 2.38. The summed E-state index contributed by atoms with van der Waals surface area (Å²) in [5, 5.41) is 3.37. The van der Waals surface area contributed by atoms with Crippen LogP contribution < -0.4 is 10.1 Å². The molecule has 0 bridgehead atoms. The van der Waals surface area contributed by atoms with Crippen LogP contribution >= 0.6 is 50.4 Å². The molecule has 1 N–H and O–H groups in total. The summed E-state index contributed by atoms with van der Waals surface area (Å²) in [5.74, 6) is -1.56. The summed E-state index contributed by atoms with van der Waals surface area (Å²) in [7, 11) is 0. The first kappa shape index (κ1) is 29.5. The normalized spacial score (nSPS) is 13.3. The molecule has 0 fully saturated rings. The number of anilines is 1. The Morgan fingerprint density at radius 2 is 1.85 bits per heavy atom. The largest absolute Gasteiger partial charge is 0.465 e. The first-order valence-corrected chi connectivity index (χ1v) is 16.1.